The Labute approximate surface area is 97.0 Å². The number of nitrogens with two attached hydrogens (primary N) is 1. The van der Waals surface area contributed by atoms with Crippen LogP contribution in [0.25, 0.3) is 0 Å². The lowest BCUT2D eigenvalue weighted by Gasteiger charge is -2.19. The van der Waals surface area contributed by atoms with Gasteiger partial charge in [0.05, 0.1) is 7.11 Å². The number of rotatable bonds is 4. The highest BCUT2D eigenvalue weighted by atomic mass is 16.5. The van der Waals surface area contributed by atoms with E-state index in [1.54, 1.807) is 7.11 Å². The van der Waals surface area contributed by atoms with Crippen molar-refractivity contribution in [1.82, 2.24) is 5.32 Å². The highest BCUT2D eigenvalue weighted by Crippen LogP contribution is 2.27. The van der Waals surface area contributed by atoms with Crippen molar-refractivity contribution in [2.24, 2.45) is 5.73 Å². The monoisotopic (exact) mass is 220 g/mol. The highest BCUT2D eigenvalue weighted by molar-refractivity contribution is 5.35. The van der Waals surface area contributed by atoms with Crippen LogP contribution < -0.4 is 15.8 Å². The molecule has 2 atom stereocenters. The first-order valence-electron chi connectivity index (χ1n) is 5.93. The topological polar surface area (TPSA) is 47.3 Å². The number of benzene rings is 1. The van der Waals surface area contributed by atoms with Crippen molar-refractivity contribution in [3.63, 3.8) is 0 Å². The summed E-state index contributed by atoms with van der Waals surface area (Å²) in [6, 6.07) is 8.64. The van der Waals surface area contributed by atoms with Crippen LogP contribution in [0.3, 0.4) is 0 Å². The maximum absolute atomic E-state index is 6.23. The van der Waals surface area contributed by atoms with E-state index in [4.69, 9.17) is 10.5 Å². The van der Waals surface area contributed by atoms with Crippen LogP contribution >= 0.6 is 0 Å². The van der Waals surface area contributed by atoms with Crippen molar-refractivity contribution in [1.29, 1.82) is 0 Å². The van der Waals surface area contributed by atoms with Crippen LogP contribution in [0.5, 0.6) is 5.75 Å². The van der Waals surface area contributed by atoms with Crippen LogP contribution in [0.2, 0.25) is 0 Å². The molecule has 2 unspecified atom stereocenters. The average Bonchev–Trinajstić information content (AvgIpc) is 2.81. The molecule has 0 spiro atoms. The maximum atomic E-state index is 6.23. The molecule has 3 nitrogen and oxygen atoms in total. The Kier molecular flexibility index (Phi) is 3.80. The molecule has 1 aliphatic heterocycles. The van der Waals surface area contributed by atoms with E-state index in [1.165, 1.54) is 12.8 Å². The molecule has 1 aliphatic rings. The first-order chi connectivity index (χ1) is 7.81. The number of para-hydroxylation sites is 1. The lowest BCUT2D eigenvalue weighted by molar-refractivity contribution is 0.399. The number of methoxy groups -OCH3 is 1. The Morgan fingerprint density at radius 3 is 3.00 bits per heavy atom. The zero-order chi connectivity index (χ0) is 11.4. The third-order valence-corrected chi connectivity index (χ3v) is 3.24. The number of hydrogen-bond donors (Lipinski definition) is 2. The Balaban J connectivity index is 2.04. The smallest absolute Gasteiger partial charge is 0.123 e. The normalized spacial score (nSPS) is 22.0. The van der Waals surface area contributed by atoms with Crippen LogP contribution in [-0.2, 0) is 0 Å². The molecule has 0 saturated carbocycles. The molecular formula is C13H20N2O. The lowest BCUT2D eigenvalue weighted by atomic mass is 9.98. The fourth-order valence-electron chi connectivity index (χ4n) is 2.36. The van der Waals surface area contributed by atoms with Gasteiger partial charge in [-0.1, -0.05) is 18.2 Å². The van der Waals surface area contributed by atoms with E-state index < -0.39 is 0 Å². The molecule has 88 valence electrons. The third-order valence-electron chi connectivity index (χ3n) is 3.24. The fourth-order valence-corrected chi connectivity index (χ4v) is 2.36. The molecule has 16 heavy (non-hydrogen) atoms. The van der Waals surface area contributed by atoms with Crippen molar-refractivity contribution in [3.8, 4) is 5.75 Å². The molecule has 0 aliphatic carbocycles. The Hall–Kier alpha value is -1.06. The zero-order valence-electron chi connectivity index (χ0n) is 9.78. The van der Waals surface area contributed by atoms with Gasteiger partial charge in [-0.2, -0.15) is 0 Å². The Morgan fingerprint density at radius 1 is 1.50 bits per heavy atom. The van der Waals surface area contributed by atoms with Crippen LogP contribution in [0, 0.1) is 0 Å². The number of ether oxygens (including phenoxy) is 1. The van der Waals surface area contributed by atoms with E-state index in [-0.39, 0.29) is 6.04 Å². The van der Waals surface area contributed by atoms with Crippen molar-refractivity contribution in [2.75, 3.05) is 13.7 Å². The molecule has 3 N–H and O–H groups in total. The quantitative estimate of drug-likeness (QED) is 0.814. The minimum Gasteiger partial charge on any atom is -0.496 e. The van der Waals surface area contributed by atoms with Gasteiger partial charge in [0.25, 0.3) is 0 Å². The van der Waals surface area contributed by atoms with Gasteiger partial charge in [-0.25, -0.2) is 0 Å². The summed E-state index contributed by atoms with van der Waals surface area (Å²) in [5, 5.41) is 3.47. The van der Waals surface area contributed by atoms with Crippen molar-refractivity contribution >= 4 is 0 Å². The largest absolute Gasteiger partial charge is 0.496 e. The summed E-state index contributed by atoms with van der Waals surface area (Å²) < 4.78 is 5.33. The number of nitrogens with one attached hydrogen (secondary N) is 1. The van der Waals surface area contributed by atoms with E-state index in [0.29, 0.717) is 6.04 Å². The molecule has 1 aromatic rings. The van der Waals surface area contributed by atoms with Crippen LogP contribution in [0.4, 0.5) is 0 Å². The van der Waals surface area contributed by atoms with Crippen molar-refractivity contribution in [2.45, 2.75) is 31.3 Å². The van der Waals surface area contributed by atoms with Crippen molar-refractivity contribution < 1.29 is 4.74 Å². The summed E-state index contributed by atoms with van der Waals surface area (Å²) >= 11 is 0. The minimum atomic E-state index is 0.0618. The molecule has 1 fully saturated rings. The van der Waals surface area contributed by atoms with Crippen LogP contribution in [-0.4, -0.2) is 19.7 Å². The van der Waals surface area contributed by atoms with E-state index in [2.05, 4.69) is 11.4 Å². The number of hydrogen-bond acceptors (Lipinski definition) is 3. The standard InChI is InChI=1S/C13H20N2O/c1-16-13-7-3-2-6-11(13)12(14)9-10-5-4-8-15-10/h2-3,6-7,10,12,15H,4-5,8-9,14H2,1H3. The van der Waals surface area contributed by atoms with Gasteiger partial charge in [-0.15, -0.1) is 0 Å². The molecule has 0 amide bonds. The molecule has 3 heteroatoms. The van der Waals surface area contributed by atoms with Gasteiger partial charge < -0.3 is 15.8 Å². The van der Waals surface area contributed by atoms with Crippen LogP contribution in [0.1, 0.15) is 30.9 Å². The molecule has 0 bridgehead atoms. The van der Waals surface area contributed by atoms with Gasteiger partial charge in [0.15, 0.2) is 0 Å². The Bertz CT molecular complexity index is 334. The maximum Gasteiger partial charge on any atom is 0.123 e. The van der Waals surface area contributed by atoms with E-state index in [9.17, 15) is 0 Å². The van der Waals surface area contributed by atoms with Gasteiger partial charge >= 0.3 is 0 Å². The second-order valence-electron chi connectivity index (χ2n) is 4.38. The van der Waals surface area contributed by atoms with Crippen molar-refractivity contribution in [3.05, 3.63) is 29.8 Å². The summed E-state index contributed by atoms with van der Waals surface area (Å²) in [5.41, 5.74) is 7.34. The summed E-state index contributed by atoms with van der Waals surface area (Å²) in [7, 11) is 1.69. The van der Waals surface area contributed by atoms with Gasteiger partial charge in [-0.3, -0.25) is 0 Å². The van der Waals surface area contributed by atoms with E-state index >= 15 is 0 Å². The second kappa shape index (κ2) is 5.32. The molecule has 0 radical (unpaired) electrons. The first kappa shape index (κ1) is 11.4. The predicted octanol–water partition coefficient (Wildman–Crippen LogP) is 1.84. The fraction of sp³-hybridized carbons (Fsp3) is 0.538. The lowest BCUT2D eigenvalue weighted by Crippen LogP contribution is -2.27. The summed E-state index contributed by atoms with van der Waals surface area (Å²) in [4.78, 5) is 0. The van der Waals surface area contributed by atoms with Gasteiger partial charge in [-0.05, 0) is 31.9 Å². The molecular weight excluding hydrogens is 200 g/mol. The minimum absolute atomic E-state index is 0.0618. The zero-order valence-corrected chi connectivity index (χ0v) is 9.78. The average molecular weight is 220 g/mol. The Morgan fingerprint density at radius 2 is 2.31 bits per heavy atom. The van der Waals surface area contributed by atoms with Gasteiger partial charge in [0, 0.05) is 17.6 Å². The highest BCUT2D eigenvalue weighted by Gasteiger charge is 2.19. The molecule has 0 aromatic heterocycles. The third kappa shape index (κ3) is 2.54. The first-order valence-corrected chi connectivity index (χ1v) is 5.93. The van der Waals surface area contributed by atoms with E-state index in [1.807, 2.05) is 18.2 Å². The molecule has 1 saturated heterocycles. The van der Waals surface area contributed by atoms with Gasteiger partial charge in [0.2, 0.25) is 0 Å². The second-order valence-corrected chi connectivity index (χ2v) is 4.38. The SMILES string of the molecule is COc1ccccc1C(N)CC1CCCN1. The molecule has 1 aromatic carbocycles. The van der Waals surface area contributed by atoms with Gasteiger partial charge in [0.1, 0.15) is 5.75 Å². The summed E-state index contributed by atoms with van der Waals surface area (Å²) in [6.45, 7) is 1.13. The van der Waals surface area contributed by atoms with Crippen LogP contribution in [0.15, 0.2) is 24.3 Å². The summed E-state index contributed by atoms with van der Waals surface area (Å²) in [5.74, 6) is 0.896. The molecule has 1 heterocycles. The predicted molar refractivity (Wildman–Crippen MR) is 65.6 cm³/mol. The van der Waals surface area contributed by atoms with E-state index in [0.717, 1.165) is 24.3 Å². The summed E-state index contributed by atoms with van der Waals surface area (Å²) in [6.07, 6.45) is 3.49. The molecule has 2 rings (SSSR count).